The second-order valence-electron chi connectivity index (χ2n) is 2.99. The molecule has 1 aromatic heterocycles. The fourth-order valence-corrected chi connectivity index (χ4v) is 1.70. The standard InChI is InChI=1S/C11H10ClN/c1-2-8-6-9-4-3-5-13-11(9)7-10(8)12/h3-7H,2H2,1H3. The summed E-state index contributed by atoms with van der Waals surface area (Å²) in [5, 5.41) is 1.97. The molecule has 1 heterocycles. The molecule has 0 bridgehead atoms. The van der Waals surface area contributed by atoms with Crippen molar-refractivity contribution in [2.24, 2.45) is 0 Å². The number of benzene rings is 1. The third-order valence-corrected chi connectivity index (χ3v) is 2.50. The predicted octanol–water partition coefficient (Wildman–Crippen LogP) is 3.45. The number of halogens is 1. The molecule has 13 heavy (non-hydrogen) atoms. The zero-order chi connectivity index (χ0) is 9.26. The van der Waals surface area contributed by atoms with Crippen LogP contribution in [0.25, 0.3) is 10.9 Å². The van der Waals surface area contributed by atoms with Gasteiger partial charge in [0.05, 0.1) is 5.52 Å². The summed E-state index contributed by atoms with van der Waals surface area (Å²) in [6, 6.07) is 8.02. The van der Waals surface area contributed by atoms with E-state index in [1.54, 1.807) is 6.20 Å². The molecule has 0 atom stereocenters. The van der Waals surface area contributed by atoms with Crippen LogP contribution >= 0.6 is 11.6 Å². The Hall–Kier alpha value is -1.08. The molecule has 0 unspecified atom stereocenters. The van der Waals surface area contributed by atoms with Crippen molar-refractivity contribution in [1.82, 2.24) is 4.98 Å². The fraction of sp³-hybridized carbons (Fsp3) is 0.182. The average Bonchev–Trinajstić information content (AvgIpc) is 2.17. The molecule has 2 heteroatoms. The lowest BCUT2D eigenvalue weighted by molar-refractivity contribution is 1.14. The van der Waals surface area contributed by atoms with Crippen LogP contribution in [0.1, 0.15) is 12.5 Å². The molecule has 0 aliphatic heterocycles. The minimum absolute atomic E-state index is 0.814. The van der Waals surface area contributed by atoms with Crippen LogP contribution in [0.5, 0.6) is 0 Å². The Morgan fingerprint density at radius 3 is 3.00 bits per heavy atom. The molecule has 0 saturated carbocycles. The van der Waals surface area contributed by atoms with Crippen LogP contribution < -0.4 is 0 Å². The first-order valence-corrected chi connectivity index (χ1v) is 4.72. The Morgan fingerprint density at radius 2 is 2.23 bits per heavy atom. The van der Waals surface area contributed by atoms with Crippen LogP contribution in [0.3, 0.4) is 0 Å². The molecule has 1 nitrogen and oxygen atoms in total. The van der Waals surface area contributed by atoms with Crippen molar-refractivity contribution >= 4 is 22.5 Å². The van der Waals surface area contributed by atoms with E-state index in [9.17, 15) is 0 Å². The van der Waals surface area contributed by atoms with E-state index in [1.807, 2.05) is 12.1 Å². The van der Waals surface area contributed by atoms with E-state index in [0.717, 1.165) is 22.3 Å². The van der Waals surface area contributed by atoms with E-state index in [1.165, 1.54) is 5.56 Å². The molecule has 1 aromatic carbocycles. The molecule has 0 aliphatic carbocycles. The van der Waals surface area contributed by atoms with Gasteiger partial charge in [-0.2, -0.15) is 0 Å². The Labute approximate surface area is 82.4 Å². The van der Waals surface area contributed by atoms with Gasteiger partial charge in [0, 0.05) is 16.6 Å². The van der Waals surface area contributed by atoms with E-state index in [-0.39, 0.29) is 0 Å². The van der Waals surface area contributed by atoms with Gasteiger partial charge in [-0.05, 0) is 30.2 Å². The van der Waals surface area contributed by atoms with Crippen molar-refractivity contribution in [3.05, 3.63) is 41.0 Å². The number of rotatable bonds is 1. The van der Waals surface area contributed by atoms with Gasteiger partial charge in [0.1, 0.15) is 0 Å². The SMILES string of the molecule is CCc1cc2cccnc2cc1Cl. The highest BCUT2D eigenvalue weighted by Crippen LogP contribution is 2.22. The summed E-state index contributed by atoms with van der Waals surface area (Å²) in [7, 11) is 0. The minimum atomic E-state index is 0.814. The molecule has 2 rings (SSSR count). The van der Waals surface area contributed by atoms with Gasteiger partial charge in [0.25, 0.3) is 0 Å². The van der Waals surface area contributed by atoms with Crippen LogP contribution in [-0.4, -0.2) is 4.98 Å². The van der Waals surface area contributed by atoms with Crippen LogP contribution in [0.2, 0.25) is 5.02 Å². The van der Waals surface area contributed by atoms with E-state index < -0.39 is 0 Å². The second-order valence-corrected chi connectivity index (χ2v) is 3.40. The van der Waals surface area contributed by atoms with Gasteiger partial charge in [-0.1, -0.05) is 24.6 Å². The van der Waals surface area contributed by atoms with Gasteiger partial charge in [-0.25, -0.2) is 0 Å². The van der Waals surface area contributed by atoms with Crippen molar-refractivity contribution in [2.75, 3.05) is 0 Å². The molecular formula is C11H10ClN. The van der Waals surface area contributed by atoms with Crippen molar-refractivity contribution in [2.45, 2.75) is 13.3 Å². The molecule has 0 spiro atoms. The van der Waals surface area contributed by atoms with Gasteiger partial charge in [-0.3, -0.25) is 4.98 Å². The molecule has 0 aliphatic rings. The van der Waals surface area contributed by atoms with E-state index in [0.29, 0.717) is 0 Å². The van der Waals surface area contributed by atoms with Gasteiger partial charge < -0.3 is 0 Å². The zero-order valence-corrected chi connectivity index (χ0v) is 8.17. The van der Waals surface area contributed by atoms with Gasteiger partial charge in [0.2, 0.25) is 0 Å². The number of aryl methyl sites for hydroxylation is 1. The third-order valence-electron chi connectivity index (χ3n) is 2.15. The lowest BCUT2D eigenvalue weighted by Gasteiger charge is -2.02. The van der Waals surface area contributed by atoms with E-state index in [2.05, 4.69) is 24.0 Å². The minimum Gasteiger partial charge on any atom is -0.256 e. The maximum atomic E-state index is 6.06. The van der Waals surface area contributed by atoms with Crippen molar-refractivity contribution < 1.29 is 0 Å². The summed E-state index contributed by atoms with van der Waals surface area (Å²) in [4.78, 5) is 4.23. The zero-order valence-electron chi connectivity index (χ0n) is 7.42. The number of hydrogen-bond acceptors (Lipinski definition) is 1. The van der Waals surface area contributed by atoms with Crippen molar-refractivity contribution in [3.8, 4) is 0 Å². The van der Waals surface area contributed by atoms with Crippen LogP contribution in [0.15, 0.2) is 30.5 Å². The largest absolute Gasteiger partial charge is 0.256 e. The van der Waals surface area contributed by atoms with E-state index in [4.69, 9.17) is 11.6 Å². The summed E-state index contributed by atoms with van der Waals surface area (Å²) in [6.07, 6.45) is 2.74. The van der Waals surface area contributed by atoms with Gasteiger partial charge in [0.15, 0.2) is 0 Å². The lowest BCUT2D eigenvalue weighted by atomic mass is 10.1. The van der Waals surface area contributed by atoms with Gasteiger partial charge in [-0.15, -0.1) is 0 Å². The van der Waals surface area contributed by atoms with E-state index >= 15 is 0 Å². The quantitative estimate of drug-likeness (QED) is 0.673. The topological polar surface area (TPSA) is 12.9 Å². The summed E-state index contributed by atoms with van der Waals surface area (Å²) < 4.78 is 0. The molecule has 0 amide bonds. The number of pyridine rings is 1. The van der Waals surface area contributed by atoms with Gasteiger partial charge >= 0.3 is 0 Å². The summed E-state index contributed by atoms with van der Waals surface area (Å²) in [5.74, 6) is 0. The summed E-state index contributed by atoms with van der Waals surface area (Å²) in [6.45, 7) is 2.10. The number of hydrogen-bond donors (Lipinski definition) is 0. The third kappa shape index (κ3) is 1.52. The highest BCUT2D eigenvalue weighted by molar-refractivity contribution is 6.32. The maximum Gasteiger partial charge on any atom is 0.0716 e. The Balaban J connectivity index is 2.74. The molecule has 2 aromatic rings. The predicted molar refractivity (Wildman–Crippen MR) is 56.1 cm³/mol. The molecule has 66 valence electrons. The highest BCUT2D eigenvalue weighted by atomic mass is 35.5. The first kappa shape index (κ1) is 8.52. The van der Waals surface area contributed by atoms with Crippen LogP contribution in [0.4, 0.5) is 0 Å². The first-order chi connectivity index (χ1) is 6.31. The smallest absolute Gasteiger partial charge is 0.0716 e. The van der Waals surface area contributed by atoms with Crippen LogP contribution in [-0.2, 0) is 6.42 Å². The average molecular weight is 192 g/mol. The number of fused-ring (bicyclic) bond motifs is 1. The first-order valence-electron chi connectivity index (χ1n) is 4.34. The molecular weight excluding hydrogens is 182 g/mol. The normalized spacial score (nSPS) is 10.6. The molecule has 0 fully saturated rings. The molecule has 0 N–H and O–H groups in total. The number of nitrogens with zero attached hydrogens (tertiary/aromatic N) is 1. The lowest BCUT2D eigenvalue weighted by Crippen LogP contribution is -1.84. The van der Waals surface area contributed by atoms with Crippen LogP contribution in [0, 0.1) is 0 Å². The molecule has 0 saturated heterocycles. The Morgan fingerprint density at radius 1 is 1.38 bits per heavy atom. The Bertz CT molecular complexity index is 437. The Kier molecular flexibility index (Phi) is 2.19. The van der Waals surface area contributed by atoms with Crippen molar-refractivity contribution in [1.29, 1.82) is 0 Å². The van der Waals surface area contributed by atoms with Crippen molar-refractivity contribution in [3.63, 3.8) is 0 Å². The fourth-order valence-electron chi connectivity index (χ4n) is 1.41. The number of aromatic nitrogens is 1. The maximum absolute atomic E-state index is 6.06. The molecule has 0 radical (unpaired) electrons. The second kappa shape index (κ2) is 3.35. The monoisotopic (exact) mass is 191 g/mol. The summed E-state index contributed by atoms with van der Waals surface area (Å²) in [5.41, 5.74) is 2.15. The summed E-state index contributed by atoms with van der Waals surface area (Å²) >= 11 is 6.06. The highest BCUT2D eigenvalue weighted by Gasteiger charge is 2.00.